The molecule has 1 saturated heterocycles. The first-order valence-electron chi connectivity index (χ1n) is 10.4. The van der Waals surface area contributed by atoms with Gasteiger partial charge in [0, 0.05) is 12.5 Å². The van der Waals surface area contributed by atoms with E-state index in [-0.39, 0.29) is 17.1 Å². The van der Waals surface area contributed by atoms with E-state index in [2.05, 4.69) is 29.6 Å². The Bertz CT molecular complexity index is 908. The van der Waals surface area contributed by atoms with Gasteiger partial charge in [-0.25, -0.2) is 4.79 Å². The number of carbonyl (C=O) groups is 1. The lowest BCUT2D eigenvalue weighted by molar-refractivity contribution is 0.00578. The second-order valence-corrected chi connectivity index (χ2v) is 8.76. The van der Waals surface area contributed by atoms with Gasteiger partial charge in [0.05, 0.1) is 11.2 Å². The summed E-state index contributed by atoms with van der Waals surface area (Å²) in [7, 11) is -0.417. The van der Waals surface area contributed by atoms with Crippen LogP contribution in [0.3, 0.4) is 0 Å². The van der Waals surface area contributed by atoms with Gasteiger partial charge in [0.1, 0.15) is 6.61 Å². The van der Waals surface area contributed by atoms with Crippen molar-refractivity contribution in [3.05, 3.63) is 71.7 Å². The highest BCUT2D eigenvalue weighted by atomic mass is 16.7. The molecule has 4 rings (SSSR count). The third-order valence-corrected chi connectivity index (χ3v) is 6.27. The minimum Gasteiger partial charge on any atom is -0.449 e. The van der Waals surface area contributed by atoms with Gasteiger partial charge in [-0.3, -0.25) is 0 Å². The summed E-state index contributed by atoms with van der Waals surface area (Å²) < 4.78 is 17.3. The lowest BCUT2D eigenvalue weighted by Crippen LogP contribution is -2.41. The monoisotopic (exact) mass is 405 g/mol. The highest BCUT2D eigenvalue weighted by Crippen LogP contribution is 2.44. The van der Waals surface area contributed by atoms with Crippen LogP contribution < -0.4 is 5.32 Å². The summed E-state index contributed by atoms with van der Waals surface area (Å²) >= 11 is 0. The second-order valence-electron chi connectivity index (χ2n) is 8.76. The molecule has 1 N–H and O–H groups in total. The highest BCUT2D eigenvalue weighted by Gasteiger charge is 2.49. The van der Waals surface area contributed by atoms with Crippen molar-refractivity contribution in [3.8, 4) is 11.1 Å². The minimum absolute atomic E-state index is 0.0587. The van der Waals surface area contributed by atoms with E-state index in [4.69, 9.17) is 14.0 Å². The standard InChI is InChI=1S/C24H28BNO4/c1-23(2)24(3,4)30-25(29-23)14-9-15-26-22(27)28-16-21-19-12-7-5-10-17(19)18-11-6-8-13-20(18)21/h5-14,21H,15-16H2,1-4H3,(H,26,27)/b14-9+. The first-order valence-corrected chi connectivity index (χ1v) is 10.4. The predicted molar refractivity (Wildman–Crippen MR) is 118 cm³/mol. The normalized spacial score (nSPS) is 19.0. The zero-order chi connectivity index (χ0) is 21.4. The Kier molecular flexibility index (Phi) is 5.47. The summed E-state index contributed by atoms with van der Waals surface area (Å²) in [6.45, 7) is 8.69. The van der Waals surface area contributed by atoms with Crippen molar-refractivity contribution in [2.75, 3.05) is 13.2 Å². The summed E-state index contributed by atoms with van der Waals surface area (Å²) in [6.07, 6.45) is 1.39. The van der Waals surface area contributed by atoms with Crippen molar-refractivity contribution in [1.82, 2.24) is 5.32 Å². The van der Waals surface area contributed by atoms with E-state index >= 15 is 0 Å². The quantitative estimate of drug-likeness (QED) is 0.732. The molecular weight excluding hydrogens is 377 g/mol. The van der Waals surface area contributed by atoms with Crippen LogP contribution >= 0.6 is 0 Å². The fourth-order valence-corrected chi connectivity index (χ4v) is 3.94. The molecule has 2 aliphatic rings. The third kappa shape index (κ3) is 3.90. The van der Waals surface area contributed by atoms with E-state index in [0.717, 1.165) is 0 Å². The molecular formula is C24H28BNO4. The maximum Gasteiger partial charge on any atom is 0.486 e. The van der Waals surface area contributed by atoms with E-state index in [9.17, 15) is 4.79 Å². The van der Waals surface area contributed by atoms with Gasteiger partial charge < -0.3 is 19.4 Å². The fourth-order valence-electron chi connectivity index (χ4n) is 3.94. The molecule has 0 unspecified atom stereocenters. The van der Waals surface area contributed by atoms with Gasteiger partial charge in [0.15, 0.2) is 0 Å². The molecule has 30 heavy (non-hydrogen) atoms. The molecule has 0 saturated carbocycles. The Morgan fingerprint density at radius 3 is 2.10 bits per heavy atom. The molecule has 1 fully saturated rings. The van der Waals surface area contributed by atoms with Gasteiger partial charge in [-0.2, -0.15) is 0 Å². The van der Waals surface area contributed by atoms with Crippen molar-refractivity contribution < 1.29 is 18.8 Å². The largest absolute Gasteiger partial charge is 0.486 e. The average Bonchev–Trinajstić information content (AvgIpc) is 3.13. The lowest BCUT2D eigenvalue weighted by atomic mass is 9.90. The van der Waals surface area contributed by atoms with Crippen LogP contribution in [0.2, 0.25) is 0 Å². The molecule has 6 heteroatoms. The molecule has 156 valence electrons. The van der Waals surface area contributed by atoms with E-state index in [1.165, 1.54) is 22.3 Å². The van der Waals surface area contributed by atoms with Crippen LogP contribution in [0.5, 0.6) is 0 Å². The maximum absolute atomic E-state index is 12.2. The minimum atomic E-state index is -0.435. The topological polar surface area (TPSA) is 56.8 Å². The maximum atomic E-state index is 12.2. The Balaban J connectivity index is 1.29. The van der Waals surface area contributed by atoms with Crippen LogP contribution in [0.1, 0.15) is 44.7 Å². The molecule has 1 heterocycles. The number of nitrogens with one attached hydrogen (secondary N) is 1. The zero-order valence-electron chi connectivity index (χ0n) is 18.0. The Labute approximate surface area is 178 Å². The Morgan fingerprint density at radius 1 is 1.00 bits per heavy atom. The molecule has 1 aliphatic carbocycles. The SMILES string of the molecule is CC1(C)OB(/C=C/CNC(=O)OCC2c3ccccc3-c3ccccc32)OC1(C)C. The number of fused-ring (bicyclic) bond motifs is 3. The Morgan fingerprint density at radius 2 is 1.53 bits per heavy atom. The highest BCUT2D eigenvalue weighted by molar-refractivity contribution is 6.51. The molecule has 2 aromatic carbocycles. The molecule has 1 amide bonds. The number of benzene rings is 2. The smallest absolute Gasteiger partial charge is 0.449 e. The van der Waals surface area contributed by atoms with Crippen molar-refractivity contribution >= 4 is 13.2 Å². The summed E-state index contributed by atoms with van der Waals surface area (Å²) in [5.41, 5.74) is 4.09. The summed E-state index contributed by atoms with van der Waals surface area (Å²) in [5, 5.41) is 2.76. The Hall–Kier alpha value is -2.57. The first kappa shape index (κ1) is 20.7. The van der Waals surface area contributed by atoms with Crippen molar-refractivity contribution in [2.24, 2.45) is 0 Å². The number of ether oxygens (including phenoxy) is 1. The van der Waals surface area contributed by atoms with Crippen LogP contribution in [-0.2, 0) is 14.0 Å². The number of carbonyl (C=O) groups excluding carboxylic acids is 1. The lowest BCUT2D eigenvalue weighted by Gasteiger charge is -2.32. The van der Waals surface area contributed by atoms with Crippen LogP contribution in [0.15, 0.2) is 60.6 Å². The van der Waals surface area contributed by atoms with Crippen LogP contribution in [0, 0.1) is 0 Å². The van der Waals surface area contributed by atoms with E-state index in [1.54, 1.807) is 0 Å². The first-order chi connectivity index (χ1) is 14.3. The van der Waals surface area contributed by atoms with Gasteiger partial charge in [-0.1, -0.05) is 60.6 Å². The summed E-state index contributed by atoms with van der Waals surface area (Å²) in [5.74, 6) is 1.88. The van der Waals surface area contributed by atoms with Crippen LogP contribution in [0.4, 0.5) is 4.79 Å². The predicted octanol–water partition coefficient (Wildman–Crippen LogP) is 4.71. The number of hydrogen-bond acceptors (Lipinski definition) is 4. The number of rotatable bonds is 5. The number of alkyl carbamates (subject to hydrolysis) is 1. The van der Waals surface area contributed by atoms with Gasteiger partial charge in [0.2, 0.25) is 0 Å². The third-order valence-electron chi connectivity index (χ3n) is 6.27. The molecule has 2 aromatic rings. The van der Waals surface area contributed by atoms with Gasteiger partial charge in [0.25, 0.3) is 0 Å². The number of amides is 1. The molecule has 1 aliphatic heterocycles. The van der Waals surface area contributed by atoms with Crippen molar-refractivity contribution in [3.63, 3.8) is 0 Å². The van der Waals surface area contributed by atoms with E-state index in [0.29, 0.717) is 13.2 Å². The molecule has 0 radical (unpaired) electrons. The van der Waals surface area contributed by atoms with Crippen molar-refractivity contribution in [2.45, 2.75) is 44.8 Å². The van der Waals surface area contributed by atoms with Gasteiger partial charge >= 0.3 is 13.2 Å². The van der Waals surface area contributed by atoms with Crippen LogP contribution in [-0.4, -0.2) is 37.6 Å². The van der Waals surface area contributed by atoms with Gasteiger partial charge in [-0.05, 0) is 49.9 Å². The fraction of sp³-hybridized carbons (Fsp3) is 0.375. The van der Waals surface area contributed by atoms with E-state index in [1.807, 2.05) is 64.0 Å². The van der Waals surface area contributed by atoms with E-state index < -0.39 is 13.2 Å². The molecule has 0 atom stereocenters. The van der Waals surface area contributed by atoms with Crippen LogP contribution in [0.25, 0.3) is 11.1 Å². The number of hydrogen-bond donors (Lipinski definition) is 1. The zero-order valence-corrected chi connectivity index (χ0v) is 18.0. The summed E-state index contributed by atoms with van der Waals surface area (Å²) in [6, 6.07) is 16.6. The second kappa shape index (κ2) is 7.93. The molecule has 0 bridgehead atoms. The molecule has 0 aromatic heterocycles. The van der Waals surface area contributed by atoms with Gasteiger partial charge in [-0.15, -0.1) is 0 Å². The molecule has 0 spiro atoms. The average molecular weight is 405 g/mol. The van der Waals surface area contributed by atoms with Crippen molar-refractivity contribution in [1.29, 1.82) is 0 Å². The molecule has 5 nitrogen and oxygen atoms in total. The summed E-state index contributed by atoms with van der Waals surface area (Å²) in [4.78, 5) is 12.2.